The van der Waals surface area contributed by atoms with Gasteiger partial charge in [-0.2, -0.15) is 0 Å². The van der Waals surface area contributed by atoms with Crippen LogP contribution in [0.15, 0.2) is 158 Å². The molecule has 4 aromatic heterocycles. The average molecular weight is 968 g/mol. The summed E-state index contributed by atoms with van der Waals surface area (Å²) >= 11 is 1.50. The summed E-state index contributed by atoms with van der Waals surface area (Å²) in [4.78, 5) is 69.8. The molecule has 4 heterocycles. The molecule has 14 heteroatoms. The summed E-state index contributed by atoms with van der Waals surface area (Å²) in [6, 6.07) is 44.4. The highest BCUT2D eigenvalue weighted by molar-refractivity contribution is 7.17. The van der Waals surface area contributed by atoms with E-state index in [0.29, 0.717) is 57.5 Å². The fraction of sp³-hybridized carbons (Fsp3) is 0.193. The molecular formula is C57H57N7O6S. The minimum atomic E-state index is -0.393. The van der Waals surface area contributed by atoms with Gasteiger partial charge < -0.3 is 35.6 Å². The second kappa shape index (κ2) is 24.3. The highest BCUT2D eigenvalue weighted by atomic mass is 32.1. The summed E-state index contributed by atoms with van der Waals surface area (Å²) in [6.45, 7) is 9.53. The number of fused-ring (bicyclic) bond motifs is 1. The summed E-state index contributed by atoms with van der Waals surface area (Å²) in [6.07, 6.45) is 8.64. The highest BCUT2D eigenvalue weighted by Crippen LogP contribution is 2.31. The molecule has 0 spiro atoms. The number of carbonyl (C=O) groups is 5. The van der Waals surface area contributed by atoms with Crippen molar-refractivity contribution in [2.45, 2.75) is 66.5 Å². The van der Waals surface area contributed by atoms with Gasteiger partial charge in [-0.05, 0) is 142 Å². The maximum Gasteiger partial charge on any atom is 0.340 e. The molecule has 0 saturated heterocycles. The van der Waals surface area contributed by atoms with Gasteiger partial charge in [0.05, 0.1) is 35.3 Å². The van der Waals surface area contributed by atoms with Crippen LogP contribution in [0.2, 0.25) is 0 Å². The Kier molecular flexibility index (Phi) is 17.3. The number of thiophene rings is 1. The number of ether oxygens (including phenoxy) is 1. The number of aromatic amines is 1. The predicted molar refractivity (Wildman–Crippen MR) is 280 cm³/mol. The van der Waals surface area contributed by atoms with Crippen molar-refractivity contribution in [1.82, 2.24) is 25.2 Å². The van der Waals surface area contributed by atoms with Gasteiger partial charge >= 0.3 is 5.97 Å². The van der Waals surface area contributed by atoms with Gasteiger partial charge in [0.25, 0.3) is 17.7 Å². The Hall–Kier alpha value is -8.36. The lowest BCUT2D eigenvalue weighted by atomic mass is 9.87. The molecular weight excluding hydrogens is 911 g/mol. The monoisotopic (exact) mass is 967 g/mol. The fourth-order valence-electron chi connectivity index (χ4n) is 8.20. The van der Waals surface area contributed by atoms with Gasteiger partial charge in [-0.15, -0.1) is 11.3 Å². The minimum Gasteiger partial charge on any atom is -0.462 e. The number of nitrogens with one attached hydrogen (secondary N) is 5. The van der Waals surface area contributed by atoms with E-state index in [1.54, 1.807) is 57.3 Å². The summed E-state index contributed by atoms with van der Waals surface area (Å²) in [5.74, 6) is -0.992. The van der Waals surface area contributed by atoms with E-state index in [2.05, 4.69) is 43.4 Å². The van der Waals surface area contributed by atoms with Crippen molar-refractivity contribution < 1.29 is 28.7 Å². The molecule has 0 bridgehead atoms. The number of pyridine rings is 1. The molecule has 5 N–H and O–H groups in total. The van der Waals surface area contributed by atoms with Crippen LogP contribution in [0.3, 0.4) is 0 Å². The Morgan fingerprint density at radius 3 is 2.23 bits per heavy atom. The van der Waals surface area contributed by atoms with E-state index in [1.807, 2.05) is 121 Å². The van der Waals surface area contributed by atoms with Crippen LogP contribution in [0.4, 0.5) is 11.4 Å². The van der Waals surface area contributed by atoms with Crippen molar-refractivity contribution in [2.75, 3.05) is 17.2 Å². The van der Waals surface area contributed by atoms with E-state index in [9.17, 15) is 24.0 Å². The molecule has 4 aromatic carbocycles. The summed E-state index contributed by atoms with van der Waals surface area (Å²) < 4.78 is 7.06. The average Bonchev–Trinajstić information content (AvgIpc) is 4.16. The number of aromatic nitrogens is 3. The van der Waals surface area contributed by atoms with Crippen LogP contribution in [0, 0.1) is 20.8 Å². The first-order chi connectivity index (χ1) is 34.4. The van der Waals surface area contributed by atoms with E-state index in [0.717, 1.165) is 46.6 Å². The van der Waals surface area contributed by atoms with Crippen molar-refractivity contribution >= 4 is 52.3 Å². The van der Waals surface area contributed by atoms with Crippen LogP contribution in [0.1, 0.15) is 107 Å². The number of benzene rings is 4. The molecule has 0 radical (unpaired) electrons. The molecule has 362 valence electrons. The minimum absolute atomic E-state index is 0.00602. The molecule has 1 aliphatic carbocycles. The number of rotatable bonds is 12. The zero-order chi connectivity index (χ0) is 50.3. The van der Waals surface area contributed by atoms with Crippen LogP contribution in [0.5, 0.6) is 0 Å². The van der Waals surface area contributed by atoms with Gasteiger partial charge in [-0.3, -0.25) is 24.2 Å². The van der Waals surface area contributed by atoms with E-state index in [-0.39, 0.29) is 29.7 Å². The second-order valence-electron chi connectivity index (χ2n) is 16.8. The molecule has 0 saturated carbocycles. The van der Waals surface area contributed by atoms with Gasteiger partial charge in [-0.1, -0.05) is 72.8 Å². The number of carbonyl (C=O) groups excluding carboxylic acids is 5. The van der Waals surface area contributed by atoms with Crippen molar-refractivity contribution in [3.63, 3.8) is 0 Å². The van der Waals surface area contributed by atoms with Crippen LogP contribution in [0.25, 0.3) is 16.1 Å². The Morgan fingerprint density at radius 2 is 1.49 bits per heavy atom. The standard InChI is InChI=1S/C20H19N3O2.C20H24N2O3.C17H14N2OS/c1-14-8-9-16(12-19(14)23-10-3-4-11-23)20(25)22-18-7-5-6-17(13-18)21-15(2)24;1-4-25-20(24)17-12(2)18(21-13(17)3)19(23)22-16-11-7-9-14-8-5-6-10-15(14)16;20-17(19-12-14-8-4-5-11-18-14)16-10-9-15(21-16)13-6-2-1-3-7-13/h3-13H,1-2H3,(H,21,24)(H,22,25);5-6,8,10,16,21H,4,7,9,11H2,1-3H3,(H,22,23);1-11H,12H2,(H,19,20)/t;16-;/m.1./s1. The van der Waals surface area contributed by atoms with Gasteiger partial charge in [0.2, 0.25) is 5.91 Å². The third-order valence-corrected chi connectivity index (χ3v) is 12.8. The second-order valence-corrected chi connectivity index (χ2v) is 17.9. The summed E-state index contributed by atoms with van der Waals surface area (Å²) in [5, 5.41) is 11.6. The maximum atomic E-state index is 12.8. The zero-order valence-corrected chi connectivity index (χ0v) is 41.2. The van der Waals surface area contributed by atoms with E-state index in [4.69, 9.17) is 4.74 Å². The molecule has 0 unspecified atom stereocenters. The number of H-pyrrole nitrogens is 1. The van der Waals surface area contributed by atoms with Gasteiger partial charge in [-0.25, -0.2) is 4.79 Å². The number of hydrogen-bond acceptors (Lipinski definition) is 8. The van der Waals surface area contributed by atoms with Gasteiger partial charge in [0.1, 0.15) is 5.69 Å². The van der Waals surface area contributed by atoms with Crippen molar-refractivity contribution in [1.29, 1.82) is 0 Å². The number of anilines is 2. The van der Waals surface area contributed by atoms with Crippen LogP contribution >= 0.6 is 11.3 Å². The molecule has 1 aliphatic rings. The number of amides is 4. The normalized spacial score (nSPS) is 12.4. The zero-order valence-electron chi connectivity index (χ0n) is 40.4. The van der Waals surface area contributed by atoms with Crippen molar-refractivity contribution in [3.05, 3.63) is 213 Å². The van der Waals surface area contributed by atoms with Gasteiger partial charge in [0.15, 0.2) is 0 Å². The lowest BCUT2D eigenvalue weighted by Gasteiger charge is -2.26. The van der Waals surface area contributed by atoms with Crippen LogP contribution in [-0.4, -0.2) is 50.7 Å². The van der Waals surface area contributed by atoms with Crippen molar-refractivity contribution in [2.24, 2.45) is 0 Å². The largest absolute Gasteiger partial charge is 0.462 e. The summed E-state index contributed by atoms with van der Waals surface area (Å²) in [5.41, 5.74) is 10.5. The summed E-state index contributed by atoms with van der Waals surface area (Å²) in [7, 11) is 0. The number of nitrogens with zero attached hydrogens (tertiary/aromatic N) is 2. The molecule has 71 heavy (non-hydrogen) atoms. The van der Waals surface area contributed by atoms with E-state index < -0.39 is 5.97 Å². The molecule has 4 amide bonds. The molecule has 8 aromatic rings. The fourth-order valence-corrected chi connectivity index (χ4v) is 9.13. The van der Waals surface area contributed by atoms with Crippen LogP contribution < -0.4 is 21.3 Å². The number of hydrogen-bond donors (Lipinski definition) is 5. The number of esters is 1. The quantitative estimate of drug-likeness (QED) is 0.0757. The molecule has 0 fully saturated rings. The Bertz CT molecular complexity index is 3110. The third-order valence-electron chi connectivity index (χ3n) is 11.7. The Balaban J connectivity index is 0.000000157. The number of aryl methyl sites for hydroxylation is 3. The smallest absolute Gasteiger partial charge is 0.340 e. The van der Waals surface area contributed by atoms with Gasteiger partial charge in [0, 0.05) is 58.7 Å². The first-order valence-electron chi connectivity index (χ1n) is 23.4. The maximum absolute atomic E-state index is 12.8. The molecule has 1 atom stereocenters. The van der Waals surface area contributed by atoms with Crippen molar-refractivity contribution in [3.8, 4) is 16.1 Å². The first-order valence-corrected chi connectivity index (χ1v) is 24.2. The Labute approximate surface area is 417 Å². The SMILES string of the molecule is CC(=O)Nc1cccc(NC(=O)c2ccc(C)c(-n3cccc3)c2)c1.CCOC(=O)c1c(C)[nH]c(C(=O)N[C@@H]2CCCc3ccccc32)c1C.O=C(NCc1ccccn1)c1ccc(-c2ccccc2)s1. The Morgan fingerprint density at radius 1 is 0.761 bits per heavy atom. The molecule has 13 nitrogen and oxygen atoms in total. The topological polar surface area (TPSA) is 176 Å². The molecule has 0 aliphatic heterocycles. The molecule has 9 rings (SSSR count). The van der Waals surface area contributed by atoms with E-state index in [1.165, 1.54) is 29.4 Å². The predicted octanol–water partition coefficient (Wildman–Crippen LogP) is 11.4. The lowest BCUT2D eigenvalue weighted by molar-refractivity contribution is -0.114. The lowest BCUT2D eigenvalue weighted by Crippen LogP contribution is -2.31. The highest BCUT2D eigenvalue weighted by Gasteiger charge is 2.27. The van der Waals surface area contributed by atoms with E-state index >= 15 is 0 Å². The van der Waals surface area contributed by atoms with Crippen LogP contribution in [-0.2, 0) is 22.5 Å². The third kappa shape index (κ3) is 13.5. The first kappa shape index (κ1) is 50.5.